The summed E-state index contributed by atoms with van der Waals surface area (Å²) < 4.78 is 4.85. The number of aliphatic hydroxyl groups excluding tert-OH is 1. The minimum Gasteiger partial charge on any atom is -0.396 e. The largest absolute Gasteiger partial charge is 0.396 e. The summed E-state index contributed by atoms with van der Waals surface area (Å²) in [4.78, 5) is 10.7. The molecule has 0 aromatic carbocycles. The highest BCUT2D eigenvalue weighted by atomic mass is 16.5. The standard InChI is InChI=1S/C6H10O3/c7-3-5-1-2-9-4-6(5)8/h5,7H,1-4H2. The number of carbonyl (C=O) groups excluding carboxylic acids is 1. The molecule has 0 aliphatic carbocycles. The molecule has 3 heteroatoms. The van der Waals surface area contributed by atoms with Gasteiger partial charge in [0.05, 0.1) is 6.61 Å². The lowest BCUT2D eigenvalue weighted by Crippen LogP contribution is -2.29. The third-order valence-corrected chi connectivity index (χ3v) is 1.53. The Morgan fingerprint density at radius 3 is 3.00 bits per heavy atom. The average molecular weight is 130 g/mol. The molecule has 3 nitrogen and oxygen atoms in total. The Balaban J connectivity index is 2.39. The van der Waals surface area contributed by atoms with Crippen LogP contribution in [0.1, 0.15) is 6.42 Å². The number of rotatable bonds is 1. The number of ketones is 1. The molecule has 1 unspecified atom stereocenters. The van der Waals surface area contributed by atoms with Crippen molar-refractivity contribution in [3.8, 4) is 0 Å². The Kier molecular flexibility index (Phi) is 2.19. The molecule has 1 atom stereocenters. The van der Waals surface area contributed by atoms with Gasteiger partial charge in [-0.2, -0.15) is 0 Å². The number of hydrogen-bond acceptors (Lipinski definition) is 3. The van der Waals surface area contributed by atoms with E-state index >= 15 is 0 Å². The van der Waals surface area contributed by atoms with Crippen LogP contribution in [0.15, 0.2) is 0 Å². The number of hydrogen-bond donors (Lipinski definition) is 1. The van der Waals surface area contributed by atoms with Gasteiger partial charge in [-0.05, 0) is 6.42 Å². The molecular formula is C6H10O3. The summed E-state index contributed by atoms with van der Waals surface area (Å²) >= 11 is 0. The Hall–Kier alpha value is -0.410. The first-order valence-electron chi connectivity index (χ1n) is 3.06. The zero-order valence-electron chi connectivity index (χ0n) is 5.17. The van der Waals surface area contributed by atoms with Gasteiger partial charge in [0.15, 0.2) is 5.78 Å². The minimum atomic E-state index is -0.154. The zero-order valence-corrected chi connectivity index (χ0v) is 5.17. The molecular weight excluding hydrogens is 120 g/mol. The molecule has 0 aromatic rings. The Labute approximate surface area is 53.6 Å². The molecule has 1 fully saturated rings. The van der Waals surface area contributed by atoms with Crippen LogP contribution in [0.4, 0.5) is 0 Å². The molecule has 0 amide bonds. The smallest absolute Gasteiger partial charge is 0.163 e. The fourth-order valence-electron chi connectivity index (χ4n) is 0.870. The van der Waals surface area contributed by atoms with Gasteiger partial charge in [-0.3, -0.25) is 4.79 Å². The van der Waals surface area contributed by atoms with E-state index in [1.54, 1.807) is 0 Å². The van der Waals surface area contributed by atoms with Gasteiger partial charge in [-0.25, -0.2) is 0 Å². The van der Waals surface area contributed by atoms with E-state index in [2.05, 4.69) is 0 Å². The normalized spacial score (nSPS) is 28.6. The summed E-state index contributed by atoms with van der Waals surface area (Å²) in [6.07, 6.45) is 0.676. The highest BCUT2D eigenvalue weighted by Crippen LogP contribution is 2.09. The molecule has 1 rings (SSSR count). The predicted molar refractivity (Wildman–Crippen MR) is 31.0 cm³/mol. The van der Waals surface area contributed by atoms with Crippen LogP contribution < -0.4 is 0 Å². The van der Waals surface area contributed by atoms with Crippen LogP contribution in [-0.2, 0) is 9.53 Å². The first-order chi connectivity index (χ1) is 4.34. The van der Waals surface area contributed by atoms with E-state index in [0.29, 0.717) is 13.0 Å². The van der Waals surface area contributed by atoms with Crippen molar-refractivity contribution in [2.75, 3.05) is 19.8 Å². The zero-order chi connectivity index (χ0) is 6.69. The molecule has 52 valence electrons. The van der Waals surface area contributed by atoms with E-state index in [4.69, 9.17) is 9.84 Å². The Bertz CT molecular complexity index is 111. The highest BCUT2D eigenvalue weighted by molar-refractivity contribution is 5.82. The Morgan fingerprint density at radius 2 is 2.56 bits per heavy atom. The summed E-state index contributed by atoms with van der Waals surface area (Å²) in [5.74, 6) is -0.123. The summed E-state index contributed by atoms with van der Waals surface area (Å²) in [6.45, 7) is 0.768. The van der Waals surface area contributed by atoms with E-state index in [0.717, 1.165) is 0 Å². The molecule has 0 bridgehead atoms. The number of ether oxygens (including phenoxy) is 1. The van der Waals surface area contributed by atoms with E-state index in [9.17, 15) is 4.79 Å². The maximum Gasteiger partial charge on any atom is 0.163 e. The van der Waals surface area contributed by atoms with Gasteiger partial charge < -0.3 is 9.84 Å². The fourth-order valence-corrected chi connectivity index (χ4v) is 0.870. The van der Waals surface area contributed by atoms with Crippen LogP contribution in [0, 0.1) is 5.92 Å². The maximum absolute atomic E-state index is 10.7. The lowest BCUT2D eigenvalue weighted by Gasteiger charge is -2.17. The summed E-state index contributed by atoms with van der Waals surface area (Å²) in [5, 5.41) is 8.59. The topological polar surface area (TPSA) is 46.5 Å². The van der Waals surface area contributed by atoms with Crippen LogP contribution in [0.3, 0.4) is 0 Å². The third kappa shape index (κ3) is 1.50. The molecule has 0 spiro atoms. The van der Waals surface area contributed by atoms with E-state index < -0.39 is 0 Å². The summed E-state index contributed by atoms with van der Waals surface area (Å²) in [6, 6.07) is 0. The van der Waals surface area contributed by atoms with Gasteiger partial charge >= 0.3 is 0 Å². The van der Waals surface area contributed by atoms with E-state index in [-0.39, 0.29) is 24.9 Å². The molecule has 0 radical (unpaired) electrons. The van der Waals surface area contributed by atoms with Gasteiger partial charge in [-0.15, -0.1) is 0 Å². The first-order valence-corrected chi connectivity index (χ1v) is 3.06. The first kappa shape index (κ1) is 6.71. The second-order valence-corrected chi connectivity index (χ2v) is 2.19. The monoisotopic (exact) mass is 130 g/mol. The van der Waals surface area contributed by atoms with Crippen molar-refractivity contribution in [2.24, 2.45) is 5.92 Å². The van der Waals surface area contributed by atoms with Crippen LogP contribution >= 0.6 is 0 Å². The molecule has 1 heterocycles. The van der Waals surface area contributed by atoms with Crippen molar-refractivity contribution in [2.45, 2.75) is 6.42 Å². The lowest BCUT2D eigenvalue weighted by molar-refractivity contribution is -0.133. The van der Waals surface area contributed by atoms with Crippen molar-refractivity contribution < 1.29 is 14.6 Å². The van der Waals surface area contributed by atoms with Crippen molar-refractivity contribution in [3.63, 3.8) is 0 Å². The van der Waals surface area contributed by atoms with Gasteiger partial charge in [0, 0.05) is 12.5 Å². The minimum absolute atomic E-state index is 0.0256. The van der Waals surface area contributed by atoms with Gasteiger partial charge in [0.25, 0.3) is 0 Å². The predicted octanol–water partition coefficient (Wildman–Crippen LogP) is -0.416. The summed E-state index contributed by atoms with van der Waals surface area (Å²) in [7, 11) is 0. The summed E-state index contributed by atoms with van der Waals surface area (Å²) in [5.41, 5.74) is 0. The van der Waals surface area contributed by atoms with Crippen molar-refractivity contribution >= 4 is 5.78 Å². The van der Waals surface area contributed by atoms with Gasteiger partial charge in [0.1, 0.15) is 6.61 Å². The number of carbonyl (C=O) groups is 1. The van der Waals surface area contributed by atoms with Crippen molar-refractivity contribution in [1.82, 2.24) is 0 Å². The molecule has 1 saturated heterocycles. The van der Waals surface area contributed by atoms with Crippen molar-refractivity contribution in [3.05, 3.63) is 0 Å². The lowest BCUT2D eigenvalue weighted by atomic mass is 10.0. The van der Waals surface area contributed by atoms with Crippen LogP contribution in [0.5, 0.6) is 0 Å². The third-order valence-electron chi connectivity index (χ3n) is 1.53. The van der Waals surface area contributed by atoms with Gasteiger partial charge in [0.2, 0.25) is 0 Å². The van der Waals surface area contributed by atoms with E-state index in [1.165, 1.54) is 0 Å². The molecule has 9 heavy (non-hydrogen) atoms. The van der Waals surface area contributed by atoms with Crippen LogP contribution in [-0.4, -0.2) is 30.7 Å². The van der Waals surface area contributed by atoms with Crippen LogP contribution in [0.2, 0.25) is 0 Å². The van der Waals surface area contributed by atoms with Crippen molar-refractivity contribution in [1.29, 1.82) is 0 Å². The quantitative estimate of drug-likeness (QED) is 0.524. The molecule has 0 aromatic heterocycles. The molecule has 0 saturated carbocycles. The molecule has 1 aliphatic rings. The van der Waals surface area contributed by atoms with Crippen LogP contribution in [0.25, 0.3) is 0 Å². The SMILES string of the molecule is O=C1COCCC1CO. The molecule has 1 N–H and O–H groups in total. The Morgan fingerprint density at radius 1 is 1.78 bits per heavy atom. The van der Waals surface area contributed by atoms with Gasteiger partial charge in [-0.1, -0.05) is 0 Å². The van der Waals surface area contributed by atoms with E-state index in [1.807, 2.05) is 0 Å². The maximum atomic E-state index is 10.7. The highest BCUT2D eigenvalue weighted by Gasteiger charge is 2.21. The fraction of sp³-hybridized carbons (Fsp3) is 0.833. The average Bonchev–Trinajstić information content (AvgIpc) is 1.89. The second-order valence-electron chi connectivity index (χ2n) is 2.19. The second kappa shape index (κ2) is 2.94. The molecule has 1 aliphatic heterocycles. The number of aliphatic hydroxyl groups is 1. The number of Topliss-reactive ketones (excluding diaryl/α,β-unsaturated/α-hetero) is 1.